The van der Waals surface area contributed by atoms with Crippen molar-refractivity contribution in [2.45, 2.75) is 66.7 Å². The summed E-state index contributed by atoms with van der Waals surface area (Å²) in [7, 11) is 0. The van der Waals surface area contributed by atoms with E-state index in [2.05, 4.69) is 254 Å². The number of nitrogens with zero attached hydrogens (tertiary/aromatic N) is 5. The van der Waals surface area contributed by atoms with Gasteiger partial charge >= 0.3 is 0 Å². The van der Waals surface area contributed by atoms with Crippen molar-refractivity contribution in [2.75, 3.05) is 0 Å². The number of fused-ring (bicyclic) bond motifs is 15. The highest BCUT2D eigenvalue weighted by molar-refractivity contribution is 6.13. The summed E-state index contributed by atoms with van der Waals surface area (Å²) in [4.78, 5) is 21.5. The first-order valence-corrected chi connectivity index (χ1v) is 36.1. The van der Waals surface area contributed by atoms with Crippen LogP contribution in [-0.4, -0.2) is 24.9 Å². The van der Waals surface area contributed by atoms with Gasteiger partial charge in [0.15, 0.2) is 11.2 Å². The lowest BCUT2D eigenvalue weighted by Gasteiger charge is -2.04. The Hall–Kier alpha value is -13.1. The summed E-state index contributed by atoms with van der Waals surface area (Å²) in [5, 5.41) is 9.90. The number of aryl methyl sites for hydroxylation is 5. The smallest absolute Gasteiger partial charge is 0.227 e. The minimum Gasteiger partial charge on any atom is -0.455 e. The van der Waals surface area contributed by atoms with Crippen LogP contribution in [0.4, 0.5) is 0 Å². The van der Waals surface area contributed by atoms with Gasteiger partial charge in [-0.25, -0.2) is 4.98 Å². The van der Waals surface area contributed by atoms with Crippen LogP contribution in [0, 0.1) is 0 Å². The van der Waals surface area contributed by atoms with Gasteiger partial charge in [0.1, 0.15) is 44.6 Å². The molecule has 0 aliphatic heterocycles. The molecular formula is C95H75N5O5. The van der Waals surface area contributed by atoms with Crippen molar-refractivity contribution in [2.24, 2.45) is 0 Å². The Balaban J connectivity index is 0.000000101. The maximum atomic E-state index is 6.05. The number of hydrogen-bond donors (Lipinski definition) is 0. The Morgan fingerprint density at radius 3 is 1.14 bits per heavy atom. The van der Waals surface area contributed by atoms with Gasteiger partial charge in [-0.3, -0.25) is 19.9 Å². The van der Waals surface area contributed by atoms with Crippen molar-refractivity contribution >= 4 is 110 Å². The number of hydrogen-bond acceptors (Lipinski definition) is 10. The molecule has 0 saturated carbocycles. The predicted molar refractivity (Wildman–Crippen MR) is 432 cm³/mol. The van der Waals surface area contributed by atoms with E-state index in [-0.39, 0.29) is 0 Å². The van der Waals surface area contributed by atoms with Gasteiger partial charge in [0, 0.05) is 120 Å². The van der Waals surface area contributed by atoms with Crippen molar-refractivity contribution in [3.8, 4) is 55.6 Å². The number of benzene rings is 10. The monoisotopic (exact) mass is 1370 g/mol. The van der Waals surface area contributed by atoms with E-state index in [1.54, 1.807) is 24.8 Å². The second-order valence-corrected chi connectivity index (χ2v) is 26.0. The molecule has 0 amide bonds. The molecule has 10 aromatic carbocycles. The first-order valence-electron chi connectivity index (χ1n) is 36.1. The standard InChI is InChI=1S/5C19H15NO/c1-2-13-8-10-14(11-9-13)15-5-3-6-16-17-7-4-12-20-19(17)21-18(15)16;1-2-13-6-8-14(9-7-13)15-4-3-5-17-16-10-11-20-12-18(16)21-19(15)17;1-2-13-6-8-14(9-7-13)15-4-3-5-16-17-12-20-11-10-18(17)21-19(15)16;1-2-13-7-9-14(10-8-13)16-11-20-12-17-15-5-3-4-6-18(15)21-19(16)17;1-2-13-7-9-14(10-8-13)15-11-12-20-18-16-5-3-4-6-17(16)21-19(15)18/h5*3-12H,2H2,1H3. The van der Waals surface area contributed by atoms with E-state index in [0.717, 1.165) is 170 Å². The molecule has 10 aromatic heterocycles. The maximum Gasteiger partial charge on any atom is 0.227 e. The van der Waals surface area contributed by atoms with Crippen LogP contribution in [-0.2, 0) is 32.1 Å². The summed E-state index contributed by atoms with van der Waals surface area (Å²) in [6.45, 7) is 10.8. The van der Waals surface area contributed by atoms with Crippen LogP contribution in [0.2, 0.25) is 0 Å². The predicted octanol–water partition coefficient (Wildman–Crippen LogP) is 26.1. The zero-order valence-electron chi connectivity index (χ0n) is 59.2. The van der Waals surface area contributed by atoms with E-state index in [4.69, 9.17) is 22.1 Å². The van der Waals surface area contributed by atoms with Gasteiger partial charge in [-0.1, -0.05) is 241 Å². The summed E-state index contributed by atoms with van der Waals surface area (Å²) in [6, 6.07) is 88.2. The van der Waals surface area contributed by atoms with Crippen molar-refractivity contribution in [1.29, 1.82) is 0 Å². The molecule has 510 valence electrons. The van der Waals surface area contributed by atoms with Crippen LogP contribution in [0.15, 0.2) is 326 Å². The number of para-hydroxylation sites is 5. The summed E-state index contributed by atoms with van der Waals surface area (Å²) >= 11 is 0. The molecule has 0 saturated heterocycles. The molecule has 0 aliphatic rings. The van der Waals surface area contributed by atoms with Gasteiger partial charge < -0.3 is 22.1 Å². The molecule has 0 unspecified atom stereocenters. The Kier molecular flexibility index (Phi) is 18.9. The van der Waals surface area contributed by atoms with E-state index >= 15 is 0 Å². The second-order valence-electron chi connectivity index (χ2n) is 26.0. The molecule has 0 aliphatic carbocycles. The summed E-state index contributed by atoms with van der Waals surface area (Å²) in [6.07, 6.45) is 19.9. The number of aromatic nitrogens is 5. The average molecular weight is 1370 g/mol. The Morgan fingerprint density at radius 1 is 0.219 bits per heavy atom. The lowest BCUT2D eigenvalue weighted by atomic mass is 10.0. The normalized spacial score (nSPS) is 11.3. The fourth-order valence-corrected chi connectivity index (χ4v) is 13.9. The molecule has 10 heteroatoms. The van der Waals surface area contributed by atoms with Crippen molar-refractivity contribution in [3.05, 3.63) is 332 Å². The lowest BCUT2D eigenvalue weighted by Crippen LogP contribution is -1.83. The van der Waals surface area contributed by atoms with Gasteiger partial charge in [-0.05, 0) is 136 Å². The van der Waals surface area contributed by atoms with E-state index in [1.165, 1.54) is 50.1 Å². The van der Waals surface area contributed by atoms with Crippen LogP contribution in [0.5, 0.6) is 0 Å². The fourth-order valence-electron chi connectivity index (χ4n) is 13.9. The van der Waals surface area contributed by atoms with Crippen LogP contribution in [0.3, 0.4) is 0 Å². The largest absolute Gasteiger partial charge is 0.455 e. The first kappa shape index (κ1) is 66.5. The van der Waals surface area contributed by atoms with Crippen LogP contribution < -0.4 is 0 Å². The van der Waals surface area contributed by atoms with Crippen LogP contribution >= 0.6 is 0 Å². The first-order chi connectivity index (χ1) is 51.8. The molecule has 20 aromatic rings. The third-order valence-corrected chi connectivity index (χ3v) is 19.8. The van der Waals surface area contributed by atoms with Gasteiger partial charge in [-0.2, -0.15) is 0 Å². The number of furan rings is 5. The zero-order chi connectivity index (χ0) is 71.2. The second kappa shape index (κ2) is 29.9. The summed E-state index contributed by atoms with van der Waals surface area (Å²) < 4.78 is 30.2. The van der Waals surface area contributed by atoms with Gasteiger partial charge in [0.05, 0.1) is 6.20 Å². The molecule has 0 spiro atoms. The van der Waals surface area contributed by atoms with E-state index in [9.17, 15) is 0 Å². The third-order valence-electron chi connectivity index (χ3n) is 19.8. The van der Waals surface area contributed by atoms with Crippen molar-refractivity contribution in [3.63, 3.8) is 0 Å². The molecule has 105 heavy (non-hydrogen) atoms. The molecule has 0 fully saturated rings. The van der Waals surface area contributed by atoms with Crippen LogP contribution in [0.1, 0.15) is 62.4 Å². The minimum atomic E-state index is 0.699. The van der Waals surface area contributed by atoms with E-state index < -0.39 is 0 Å². The van der Waals surface area contributed by atoms with Crippen molar-refractivity contribution < 1.29 is 22.1 Å². The fraction of sp³-hybridized carbons (Fsp3) is 0.105. The highest BCUT2D eigenvalue weighted by Crippen LogP contribution is 2.41. The number of pyridine rings is 5. The summed E-state index contributed by atoms with van der Waals surface area (Å²) in [5.74, 6) is 0. The zero-order valence-corrected chi connectivity index (χ0v) is 59.2. The van der Waals surface area contributed by atoms with Crippen molar-refractivity contribution in [1.82, 2.24) is 24.9 Å². The molecule has 0 bridgehead atoms. The number of rotatable bonds is 10. The average Bonchev–Trinajstić information content (AvgIpc) is 1.52. The third kappa shape index (κ3) is 13.4. The molecular weight excluding hydrogens is 1290 g/mol. The highest BCUT2D eigenvalue weighted by Gasteiger charge is 2.18. The quantitative estimate of drug-likeness (QED) is 0.130. The van der Waals surface area contributed by atoms with Gasteiger partial charge in [0.2, 0.25) is 5.71 Å². The molecule has 0 atom stereocenters. The lowest BCUT2D eigenvalue weighted by molar-refractivity contribution is 0.655. The summed E-state index contributed by atoms with van der Waals surface area (Å²) in [5.41, 5.74) is 27.8. The van der Waals surface area contributed by atoms with Gasteiger partial charge in [0.25, 0.3) is 0 Å². The SMILES string of the molecule is CCc1ccc(-c2cccc3c2oc2ccncc23)cc1.CCc1ccc(-c2cccc3c2oc2cnccc23)cc1.CCc1ccc(-c2cccc3c2oc2ncccc23)cc1.CCc1ccc(-c2ccnc3c2oc2ccccc23)cc1.CCc1ccc(-c2cncc3c2oc2ccccc23)cc1. The minimum absolute atomic E-state index is 0.699. The van der Waals surface area contributed by atoms with Crippen LogP contribution in [0.25, 0.3) is 166 Å². The van der Waals surface area contributed by atoms with Gasteiger partial charge in [-0.15, -0.1) is 0 Å². The molecule has 10 nitrogen and oxygen atoms in total. The van der Waals surface area contributed by atoms with E-state index in [0.29, 0.717) is 5.71 Å². The Labute approximate surface area is 608 Å². The topological polar surface area (TPSA) is 130 Å². The molecule has 10 heterocycles. The molecule has 0 N–H and O–H groups in total. The Bertz CT molecular complexity index is 5510. The molecule has 20 rings (SSSR count). The Morgan fingerprint density at radius 2 is 0.600 bits per heavy atom. The molecule has 0 radical (unpaired) electrons. The highest BCUT2D eigenvalue weighted by atomic mass is 16.3. The maximum absolute atomic E-state index is 6.05. The van der Waals surface area contributed by atoms with E-state index in [1.807, 2.05) is 85.5 Å².